The second kappa shape index (κ2) is 5.36. The fourth-order valence-electron chi connectivity index (χ4n) is 2.24. The van der Waals surface area contributed by atoms with Gasteiger partial charge < -0.3 is 20.1 Å². The Kier molecular flexibility index (Phi) is 3.39. The van der Waals surface area contributed by atoms with Crippen LogP contribution in [0.4, 0.5) is 11.4 Å². The van der Waals surface area contributed by atoms with E-state index in [-0.39, 0.29) is 12.7 Å². The van der Waals surface area contributed by atoms with E-state index in [0.717, 1.165) is 11.3 Å². The maximum Gasteiger partial charge on any atom is 0.257 e. The molecule has 5 nitrogen and oxygen atoms in total. The van der Waals surface area contributed by atoms with Crippen molar-refractivity contribution in [3.8, 4) is 11.5 Å². The molecule has 0 aromatic heterocycles. The maximum absolute atomic E-state index is 12.4. The van der Waals surface area contributed by atoms with Gasteiger partial charge in [0.2, 0.25) is 6.79 Å². The fourth-order valence-corrected chi connectivity index (χ4v) is 2.24. The zero-order valence-electron chi connectivity index (χ0n) is 11.9. The molecule has 0 aliphatic carbocycles. The molecule has 3 rings (SSSR count). The first-order valence-corrected chi connectivity index (χ1v) is 6.67. The van der Waals surface area contributed by atoms with Gasteiger partial charge in [-0.1, -0.05) is 6.07 Å². The molecule has 2 N–H and O–H groups in total. The molecule has 2 aromatic carbocycles. The lowest BCUT2D eigenvalue weighted by atomic mass is 10.1. The average Bonchev–Trinajstić information content (AvgIpc) is 2.94. The van der Waals surface area contributed by atoms with E-state index in [9.17, 15) is 4.79 Å². The molecular weight excluding hydrogens is 268 g/mol. The lowest BCUT2D eigenvalue weighted by Crippen LogP contribution is -2.14. The molecule has 1 amide bonds. The van der Waals surface area contributed by atoms with E-state index < -0.39 is 0 Å². The molecule has 1 aliphatic rings. The van der Waals surface area contributed by atoms with Crippen molar-refractivity contribution in [2.75, 3.05) is 24.5 Å². The van der Waals surface area contributed by atoms with Gasteiger partial charge in [-0.2, -0.15) is 0 Å². The van der Waals surface area contributed by atoms with Gasteiger partial charge in [-0.15, -0.1) is 0 Å². The molecular formula is C16H16N2O3. The molecule has 0 fully saturated rings. The van der Waals surface area contributed by atoms with Crippen LogP contribution in [0.15, 0.2) is 36.4 Å². The van der Waals surface area contributed by atoms with E-state index in [0.29, 0.717) is 22.7 Å². The van der Waals surface area contributed by atoms with E-state index in [1.165, 1.54) is 0 Å². The molecule has 0 saturated heterocycles. The lowest BCUT2D eigenvalue weighted by molar-refractivity contribution is 0.102. The third kappa shape index (κ3) is 2.63. The first kappa shape index (κ1) is 13.3. The van der Waals surface area contributed by atoms with Crippen molar-refractivity contribution in [3.63, 3.8) is 0 Å². The topological polar surface area (TPSA) is 59.6 Å². The van der Waals surface area contributed by atoms with Gasteiger partial charge >= 0.3 is 0 Å². The smallest absolute Gasteiger partial charge is 0.257 e. The highest BCUT2D eigenvalue weighted by atomic mass is 16.7. The van der Waals surface area contributed by atoms with Crippen LogP contribution in [0.2, 0.25) is 0 Å². The highest BCUT2D eigenvalue weighted by Gasteiger charge is 2.15. The Balaban J connectivity index is 1.83. The number of hydrogen-bond donors (Lipinski definition) is 2. The molecule has 0 bridgehead atoms. The number of benzene rings is 2. The number of ether oxygens (including phenoxy) is 2. The van der Waals surface area contributed by atoms with Crippen LogP contribution in [0.5, 0.6) is 11.5 Å². The van der Waals surface area contributed by atoms with Crippen LogP contribution in [0.1, 0.15) is 15.9 Å². The highest BCUT2D eigenvalue weighted by molar-refractivity contribution is 6.08. The van der Waals surface area contributed by atoms with Crippen molar-refractivity contribution in [2.45, 2.75) is 6.92 Å². The first-order chi connectivity index (χ1) is 10.2. The van der Waals surface area contributed by atoms with Gasteiger partial charge in [0.1, 0.15) is 0 Å². The second-order valence-corrected chi connectivity index (χ2v) is 4.82. The largest absolute Gasteiger partial charge is 0.454 e. The molecule has 108 valence electrons. The monoisotopic (exact) mass is 284 g/mol. The number of amides is 1. The van der Waals surface area contributed by atoms with Gasteiger partial charge in [0, 0.05) is 24.5 Å². The summed E-state index contributed by atoms with van der Waals surface area (Å²) in [5.74, 6) is 1.17. The maximum atomic E-state index is 12.4. The predicted octanol–water partition coefficient (Wildman–Crippen LogP) is 3.02. The average molecular weight is 284 g/mol. The molecule has 1 heterocycles. The summed E-state index contributed by atoms with van der Waals surface area (Å²) in [4.78, 5) is 12.4. The normalized spacial score (nSPS) is 12.1. The van der Waals surface area contributed by atoms with E-state index in [1.54, 1.807) is 25.2 Å². The Labute approximate surface area is 122 Å². The molecule has 0 radical (unpaired) electrons. The van der Waals surface area contributed by atoms with Crippen molar-refractivity contribution >= 4 is 17.3 Å². The number of carbonyl (C=O) groups is 1. The van der Waals surface area contributed by atoms with Gasteiger partial charge in [-0.25, -0.2) is 0 Å². The summed E-state index contributed by atoms with van der Waals surface area (Å²) >= 11 is 0. The number of rotatable bonds is 3. The number of anilines is 2. The Morgan fingerprint density at radius 2 is 1.90 bits per heavy atom. The standard InChI is InChI=1S/C16H16N2O3/c1-10-3-5-12(13(7-10)17-2)16(19)18-11-4-6-14-15(8-11)21-9-20-14/h3-8,17H,9H2,1-2H3,(H,18,19). The Morgan fingerprint density at radius 3 is 2.71 bits per heavy atom. The predicted molar refractivity (Wildman–Crippen MR) is 81.2 cm³/mol. The Hall–Kier alpha value is -2.69. The number of hydrogen-bond acceptors (Lipinski definition) is 4. The SMILES string of the molecule is CNc1cc(C)ccc1C(=O)Nc1ccc2c(c1)OCO2. The van der Waals surface area contributed by atoms with E-state index >= 15 is 0 Å². The summed E-state index contributed by atoms with van der Waals surface area (Å²) < 4.78 is 10.5. The van der Waals surface area contributed by atoms with Crippen LogP contribution < -0.4 is 20.1 Å². The zero-order valence-corrected chi connectivity index (χ0v) is 11.9. The van der Waals surface area contributed by atoms with E-state index in [4.69, 9.17) is 9.47 Å². The summed E-state index contributed by atoms with van der Waals surface area (Å²) in [5.41, 5.74) is 3.17. The number of aryl methyl sites for hydroxylation is 1. The second-order valence-electron chi connectivity index (χ2n) is 4.82. The quantitative estimate of drug-likeness (QED) is 0.909. The fraction of sp³-hybridized carbons (Fsp3) is 0.188. The summed E-state index contributed by atoms with van der Waals surface area (Å²) in [6, 6.07) is 11.0. The third-order valence-electron chi connectivity index (χ3n) is 3.32. The number of fused-ring (bicyclic) bond motifs is 1. The van der Waals surface area contributed by atoms with Crippen molar-refractivity contribution in [1.82, 2.24) is 0 Å². The van der Waals surface area contributed by atoms with Gasteiger partial charge in [-0.05, 0) is 36.8 Å². The third-order valence-corrected chi connectivity index (χ3v) is 3.32. The van der Waals surface area contributed by atoms with Crippen LogP contribution in [0, 0.1) is 6.92 Å². The molecule has 0 saturated carbocycles. The summed E-state index contributed by atoms with van der Waals surface area (Å²) in [5, 5.41) is 5.91. The molecule has 0 unspecified atom stereocenters. The van der Waals surface area contributed by atoms with Crippen LogP contribution in [-0.4, -0.2) is 19.7 Å². The van der Waals surface area contributed by atoms with Gasteiger partial charge in [-0.3, -0.25) is 4.79 Å². The van der Waals surface area contributed by atoms with Gasteiger partial charge in [0.05, 0.1) is 5.56 Å². The molecule has 2 aromatic rings. The van der Waals surface area contributed by atoms with Crippen molar-refractivity contribution in [2.24, 2.45) is 0 Å². The summed E-state index contributed by atoms with van der Waals surface area (Å²) in [6.07, 6.45) is 0. The molecule has 21 heavy (non-hydrogen) atoms. The lowest BCUT2D eigenvalue weighted by Gasteiger charge is -2.11. The van der Waals surface area contributed by atoms with Crippen molar-refractivity contribution in [1.29, 1.82) is 0 Å². The summed E-state index contributed by atoms with van der Waals surface area (Å²) in [7, 11) is 1.80. The minimum absolute atomic E-state index is 0.168. The first-order valence-electron chi connectivity index (χ1n) is 6.67. The number of nitrogens with one attached hydrogen (secondary N) is 2. The Bertz CT molecular complexity index is 698. The minimum atomic E-state index is -0.168. The van der Waals surface area contributed by atoms with Crippen molar-refractivity contribution in [3.05, 3.63) is 47.5 Å². The molecule has 0 spiro atoms. The van der Waals surface area contributed by atoms with Crippen LogP contribution in [-0.2, 0) is 0 Å². The van der Waals surface area contributed by atoms with Gasteiger partial charge in [0.25, 0.3) is 5.91 Å². The Morgan fingerprint density at radius 1 is 1.10 bits per heavy atom. The highest BCUT2D eigenvalue weighted by Crippen LogP contribution is 2.34. The van der Waals surface area contributed by atoms with Crippen LogP contribution >= 0.6 is 0 Å². The number of carbonyl (C=O) groups excluding carboxylic acids is 1. The summed E-state index contributed by atoms with van der Waals surface area (Å²) in [6.45, 7) is 2.20. The van der Waals surface area contributed by atoms with Crippen LogP contribution in [0.3, 0.4) is 0 Å². The molecule has 0 atom stereocenters. The van der Waals surface area contributed by atoms with Crippen molar-refractivity contribution < 1.29 is 14.3 Å². The van der Waals surface area contributed by atoms with Gasteiger partial charge in [0.15, 0.2) is 11.5 Å². The zero-order chi connectivity index (χ0) is 14.8. The molecule has 1 aliphatic heterocycles. The van der Waals surface area contributed by atoms with E-state index in [1.807, 2.05) is 25.1 Å². The molecule has 5 heteroatoms. The minimum Gasteiger partial charge on any atom is -0.454 e. The van der Waals surface area contributed by atoms with E-state index in [2.05, 4.69) is 10.6 Å². The van der Waals surface area contributed by atoms with Crippen LogP contribution in [0.25, 0.3) is 0 Å².